The van der Waals surface area contributed by atoms with Gasteiger partial charge in [0, 0.05) is 16.6 Å². The number of aryl methyl sites for hydroxylation is 2. The molecule has 0 unspecified atom stereocenters. The number of nitrogen functional groups attached to an aromatic ring is 1. The van der Waals surface area contributed by atoms with Crippen LogP contribution in [0.1, 0.15) is 24.0 Å². The molecule has 17 heavy (non-hydrogen) atoms. The van der Waals surface area contributed by atoms with Crippen molar-refractivity contribution in [3.8, 4) is 11.3 Å². The van der Waals surface area contributed by atoms with Crippen molar-refractivity contribution in [1.82, 2.24) is 9.97 Å². The van der Waals surface area contributed by atoms with Crippen LogP contribution in [0.4, 0.5) is 5.69 Å². The highest BCUT2D eigenvalue weighted by Gasteiger charge is 2.09. The zero-order chi connectivity index (χ0) is 12.4. The quantitative estimate of drug-likeness (QED) is 0.877. The highest BCUT2D eigenvalue weighted by molar-refractivity contribution is 7.09. The maximum absolute atomic E-state index is 11.3. The van der Waals surface area contributed by atoms with Crippen LogP contribution in [0.3, 0.4) is 0 Å². The molecule has 0 spiro atoms. The average Bonchev–Trinajstić information content (AvgIpc) is 2.72. The molecule has 0 aromatic carbocycles. The molecule has 0 bridgehead atoms. The topological polar surface area (TPSA) is 71.8 Å². The van der Waals surface area contributed by atoms with Crippen molar-refractivity contribution in [1.29, 1.82) is 0 Å². The third-order valence-electron chi connectivity index (χ3n) is 2.56. The van der Waals surface area contributed by atoms with E-state index in [1.807, 2.05) is 12.3 Å². The predicted molar refractivity (Wildman–Crippen MR) is 71.3 cm³/mol. The van der Waals surface area contributed by atoms with E-state index in [0.717, 1.165) is 34.8 Å². The second-order valence-corrected chi connectivity index (χ2v) is 4.91. The summed E-state index contributed by atoms with van der Waals surface area (Å²) in [7, 11) is 0. The summed E-state index contributed by atoms with van der Waals surface area (Å²) < 4.78 is 0. The summed E-state index contributed by atoms with van der Waals surface area (Å²) in [5.41, 5.74) is 8.21. The fourth-order valence-corrected chi connectivity index (χ4v) is 2.57. The fraction of sp³-hybridized carbons (Fsp3) is 0.333. The van der Waals surface area contributed by atoms with Crippen molar-refractivity contribution in [3.63, 3.8) is 0 Å². The number of anilines is 1. The lowest BCUT2D eigenvalue weighted by Gasteiger charge is -2.03. The van der Waals surface area contributed by atoms with E-state index in [1.54, 1.807) is 17.4 Å². The minimum Gasteiger partial charge on any atom is -0.394 e. The van der Waals surface area contributed by atoms with Crippen molar-refractivity contribution in [3.05, 3.63) is 32.5 Å². The van der Waals surface area contributed by atoms with Gasteiger partial charge in [-0.3, -0.25) is 4.79 Å². The van der Waals surface area contributed by atoms with Gasteiger partial charge in [0.05, 0.1) is 16.4 Å². The predicted octanol–water partition coefficient (Wildman–Crippen LogP) is 2.34. The van der Waals surface area contributed by atoms with Crippen molar-refractivity contribution in [2.45, 2.75) is 26.7 Å². The van der Waals surface area contributed by atoms with Gasteiger partial charge < -0.3 is 10.7 Å². The monoisotopic (exact) mass is 249 g/mol. The van der Waals surface area contributed by atoms with Gasteiger partial charge in [-0.1, -0.05) is 6.92 Å². The largest absolute Gasteiger partial charge is 0.394 e. The Hall–Kier alpha value is -1.62. The Kier molecular flexibility index (Phi) is 3.28. The maximum atomic E-state index is 11.3. The Labute approximate surface area is 104 Å². The molecule has 0 radical (unpaired) electrons. The van der Waals surface area contributed by atoms with Gasteiger partial charge in [-0.15, -0.1) is 11.3 Å². The Morgan fingerprint density at radius 2 is 2.29 bits per heavy atom. The molecule has 0 aliphatic carbocycles. The third-order valence-corrected chi connectivity index (χ3v) is 3.47. The first kappa shape index (κ1) is 11.9. The molecule has 0 fully saturated rings. The van der Waals surface area contributed by atoms with Crippen LogP contribution in [0.25, 0.3) is 11.3 Å². The van der Waals surface area contributed by atoms with E-state index in [-0.39, 0.29) is 11.2 Å². The molecule has 2 aromatic rings. The minimum absolute atomic E-state index is 0.232. The molecule has 5 heteroatoms. The number of rotatable bonds is 3. The van der Waals surface area contributed by atoms with E-state index in [2.05, 4.69) is 16.9 Å². The third kappa shape index (κ3) is 2.39. The maximum Gasteiger partial charge on any atom is 0.271 e. The van der Waals surface area contributed by atoms with Crippen molar-refractivity contribution in [2.24, 2.45) is 0 Å². The summed E-state index contributed by atoms with van der Waals surface area (Å²) >= 11 is 1.64. The van der Waals surface area contributed by atoms with Crippen LogP contribution in [-0.2, 0) is 6.42 Å². The zero-order valence-corrected chi connectivity index (χ0v) is 10.7. The first-order valence-corrected chi connectivity index (χ1v) is 6.44. The number of nitrogens with zero attached hydrogens (tertiary/aromatic N) is 1. The van der Waals surface area contributed by atoms with Gasteiger partial charge in [0.25, 0.3) is 5.56 Å². The van der Waals surface area contributed by atoms with Crippen LogP contribution < -0.4 is 11.3 Å². The molecule has 2 rings (SSSR count). The van der Waals surface area contributed by atoms with Gasteiger partial charge in [-0.25, -0.2) is 4.98 Å². The van der Waals surface area contributed by atoms with E-state index >= 15 is 0 Å². The lowest BCUT2D eigenvalue weighted by atomic mass is 10.1. The number of pyridine rings is 1. The van der Waals surface area contributed by atoms with Crippen LogP contribution in [-0.4, -0.2) is 9.97 Å². The summed E-state index contributed by atoms with van der Waals surface area (Å²) in [5, 5.41) is 3.12. The average molecular weight is 249 g/mol. The molecular weight excluding hydrogens is 234 g/mol. The van der Waals surface area contributed by atoms with E-state index in [4.69, 9.17) is 5.73 Å². The second-order valence-electron chi connectivity index (χ2n) is 3.97. The summed E-state index contributed by atoms with van der Waals surface area (Å²) in [5.74, 6) is 0. The molecule has 90 valence electrons. The normalized spacial score (nSPS) is 10.7. The van der Waals surface area contributed by atoms with E-state index in [9.17, 15) is 4.79 Å². The number of aromatic nitrogens is 2. The molecule has 0 atom stereocenters. The van der Waals surface area contributed by atoms with Gasteiger partial charge in [-0.2, -0.15) is 0 Å². The number of aromatic amines is 1. The molecule has 4 nitrogen and oxygen atoms in total. The number of nitrogens with one attached hydrogen (secondary N) is 1. The number of H-pyrrole nitrogens is 1. The molecule has 0 aliphatic heterocycles. The van der Waals surface area contributed by atoms with Crippen LogP contribution in [0, 0.1) is 6.92 Å². The van der Waals surface area contributed by atoms with E-state index in [1.165, 1.54) is 0 Å². The summed E-state index contributed by atoms with van der Waals surface area (Å²) in [6.07, 6.45) is 2.07. The fourth-order valence-electron chi connectivity index (χ4n) is 1.67. The highest BCUT2D eigenvalue weighted by atomic mass is 32.1. The van der Waals surface area contributed by atoms with Crippen LogP contribution in [0.5, 0.6) is 0 Å². The molecule has 0 saturated heterocycles. The number of thiazole rings is 1. The van der Waals surface area contributed by atoms with E-state index in [0.29, 0.717) is 0 Å². The summed E-state index contributed by atoms with van der Waals surface area (Å²) in [4.78, 5) is 18.6. The molecule has 0 saturated carbocycles. The highest BCUT2D eigenvalue weighted by Crippen LogP contribution is 2.25. The van der Waals surface area contributed by atoms with Gasteiger partial charge in [0.2, 0.25) is 0 Å². The van der Waals surface area contributed by atoms with Crippen molar-refractivity contribution >= 4 is 17.0 Å². The second kappa shape index (κ2) is 4.71. The van der Waals surface area contributed by atoms with Crippen molar-refractivity contribution in [2.75, 3.05) is 5.73 Å². The number of nitrogens with two attached hydrogens (primary N) is 1. The Balaban J connectivity index is 2.45. The first-order chi connectivity index (χ1) is 8.11. The Bertz CT molecular complexity index is 586. The smallest absolute Gasteiger partial charge is 0.271 e. The lowest BCUT2D eigenvalue weighted by Crippen LogP contribution is -2.13. The summed E-state index contributed by atoms with van der Waals surface area (Å²) in [6, 6.07) is 1.69. The Morgan fingerprint density at radius 1 is 1.53 bits per heavy atom. The SMILES string of the molecule is CCCc1nc(-c2cc(N)c(=O)[nH]c2C)cs1. The van der Waals surface area contributed by atoms with Gasteiger partial charge >= 0.3 is 0 Å². The molecule has 2 aromatic heterocycles. The molecule has 0 aliphatic rings. The van der Waals surface area contributed by atoms with Gasteiger partial charge in [0.15, 0.2) is 0 Å². The van der Waals surface area contributed by atoms with Crippen LogP contribution in [0.15, 0.2) is 16.2 Å². The molecular formula is C12H15N3OS. The van der Waals surface area contributed by atoms with Crippen LogP contribution in [0.2, 0.25) is 0 Å². The first-order valence-electron chi connectivity index (χ1n) is 5.56. The standard InChI is InChI=1S/C12H15N3OS/c1-3-4-11-15-10(6-17-11)8-5-9(13)12(16)14-7(8)2/h5-6H,3-4,13H2,1-2H3,(H,14,16). The minimum atomic E-state index is -0.240. The lowest BCUT2D eigenvalue weighted by molar-refractivity contribution is 0.909. The number of hydrogen-bond donors (Lipinski definition) is 2. The molecule has 0 amide bonds. The molecule has 2 heterocycles. The Morgan fingerprint density at radius 3 is 3.00 bits per heavy atom. The molecule has 3 N–H and O–H groups in total. The van der Waals surface area contributed by atoms with Crippen LogP contribution >= 0.6 is 11.3 Å². The summed E-state index contributed by atoms with van der Waals surface area (Å²) in [6.45, 7) is 3.99. The van der Waals surface area contributed by atoms with Gasteiger partial charge in [0.1, 0.15) is 0 Å². The van der Waals surface area contributed by atoms with Crippen molar-refractivity contribution < 1.29 is 0 Å². The van der Waals surface area contributed by atoms with Gasteiger partial charge in [-0.05, 0) is 25.8 Å². The zero-order valence-electron chi connectivity index (χ0n) is 9.91. The number of hydrogen-bond acceptors (Lipinski definition) is 4. The van der Waals surface area contributed by atoms with E-state index < -0.39 is 0 Å².